The summed E-state index contributed by atoms with van der Waals surface area (Å²) in [5.74, 6) is 0.392. The van der Waals surface area contributed by atoms with E-state index in [0.717, 1.165) is 5.39 Å². The third-order valence-electron chi connectivity index (χ3n) is 6.70. The van der Waals surface area contributed by atoms with Gasteiger partial charge in [-0.15, -0.1) is 0 Å². The van der Waals surface area contributed by atoms with Crippen molar-refractivity contribution in [3.8, 4) is 34.1 Å². The van der Waals surface area contributed by atoms with Crippen LogP contribution in [0.25, 0.3) is 22.0 Å². The molecule has 0 fully saturated rings. The first-order valence-corrected chi connectivity index (χ1v) is 14.8. The number of halogens is 2. The van der Waals surface area contributed by atoms with Gasteiger partial charge in [0.15, 0.2) is 23.0 Å². The number of benzene rings is 4. The molecule has 0 bridgehead atoms. The molecular weight excluding hydrogens is 617 g/mol. The van der Waals surface area contributed by atoms with E-state index in [1.807, 2.05) is 44.2 Å². The summed E-state index contributed by atoms with van der Waals surface area (Å²) < 4.78 is 22.2. The molecule has 4 aromatic carbocycles. The van der Waals surface area contributed by atoms with E-state index in [-0.39, 0.29) is 17.0 Å². The molecule has 0 saturated heterocycles. The minimum Gasteiger partial charge on any atom is -0.493 e. The summed E-state index contributed by atoms with van der Waals surface area (Å²) in [6.45, 7) is 4.58. The van der Waals surface area contributed by atoms with Gasteiger partial charge in [-0.3, -0.25) is 4.79 Å². The number of methoxy groups -OCH3 is 1. The SMILES string of the molecule is CCOc1ccc(C(=O)Oc2ccc(C=NNC(=O)c3[nH]c4c(Cl)cccc4c3-c3ccccc3Cl)cc2OC)cc1OCC. The van der Waals surface area contributed by atoms with Crippen LogP contribution in [-0.2, 0) is 0 Å². The Kier molecular flexibility index (Phi) is 9.92. The number of carbonyl (C=O) groups is 2. The van der Waals surface area contributed by atoms with Crippen molar-refractivity contribution in [2.24, 2.45) is 5.10 Å². The quantitative estimate of drug-likeness (QED) is 0.0653. The number of para-hydroxylation sites is 1. The van der Waals surface area contributed by atoms with Crippen molar-refractivity contribution < 1.29 is 28.5 Å². The standard InChI is InChI=1S/C34H29Cl2N3O6/c1-4-43-26-16-14-21(18-29(26)44-5-2)34(41)45-27-15-13-20(17-28(27)42-3)19-37-39-33(40)32-30(22-9-6-7-11-24(22)35)23-10-8-12-25(36)31(23)38-32/h6-19,38H,4-5H2,1-3H3,(H,39,40). The van der Waals surface area contributed by atoms with Gasteiger partial charge in [0.05, 0.1) is 42.6 Å². The molecule has 1 amide bonds. The fourth-order valence-corrected chi connectivity index (χ4v) is 5.15. The van der Waals surface area contributed by atoms with E-state index in [9.17, 15) is 9.59 Å². The second kappa shape index (κ2) is 14.2. The van der Waals surface area contributed by atoms with Gasteiger partial charge in [0.1, 0.15) is 5.69 Å². The number of hydrogen-bond acceptors (Lipinski definition) is 7. The number of ether oxygens (including phenoxy) is 4. The Balaban J connectivity index is 1.34. The fraction of sp³-hybridized carbons (Fsp3) is 0.147. The number of amides is 1. The Morgan fingerprint density at radius 3 is 2.33 bits per heavy atom. The molecule has 0 aliphatic carbocycles. The number of rotatable bonds is 11. The molecular formula is C34H29Cl2N3O6. The Morgan fingerprint density at radius 1 is 0.844 bits per heavy atom. The van der Waals surface area contributed by atoms with Gasteiger partial charge >= 0.3 is 5.97 Å². The summed E-state index contributed by atoms with van der Waals surface area (Å²) in [7, 11) is 1.46. The van der Waals surface area contributed by atoms with Crippen LogP contribution in [-0.4, -0.2) is 43.4 Å². The van der Waals surface area contributed by atoms with E-state index in [4.69, 9.17) is 42.1 Å². The highest BCUT2D eigenvalue weighted by Crippen LogP contribution is 2.38. The smallest absolute Gasteiger partial charge is 0.343 e. The van der Waals surface area contributed by atoms with E-state index in [0.29, 0.717) is 62.7 Å². The van der Waals surface area contributed by atoms with Gasteiger partial charge in [0.2, 0.25) is 0 Å². The van der Waals surface area contributed by atoms with E-state index < -0.39 is 11.9 Å². The first kappa shape index (κ1) is 31.4. The molecule has 45 heavy (non-hydrogen) atoms. The number of nitrogens with one attached hydrogen (secondary N) is 2. The molecule has 0 saturated carbocycles. The van der Waals surface area contributed by atoms with Crippen molar-refractivity contribution in [3.63, 3.8) is 0 Å². The van der Waals surface area contributed by atoms with Gasteiger partial charge in [-0.05, 0) is 67.9 Å². The van der Waals surface area contributed by atoms with Crippen LogP contribution in [0.15, 0.2) is 84.0 Å². The minimum atomic E-state index is -0.598. The summed E-state index contributed by atoms with van der Waals surface area (Å²) in [6, 6.07) is 22.4. The molecule has 5 aromatic rings. The van der Waals surface area contributed by atoms with Crippen LogP contribution in [0.3, 0.4) is 0 Å². The molecule has 0 aliphatic rings. The normalized spacial score (nSPS) is 11.0. The van der Waals surface area contributed by atoms with Crippen molar-refractivity contribution in [3.05, 3.63) is 106 Å². The largest absolute Gasteiger partial charge is 0.493 e. The maximum absolute atomic E-state index is 13.3. The summed E-state index contributed by atoms with van der Waals surface area (Å²) in [5, 5.41) is 5.83. The number of carbonyl (C=O) groups excluding carboxylic acids is 2. The molecule has 1 aromatic heterocycles. The number of H-pyrrole nitrogens is 1. The van der Waals surface area contributed by atoms with Crippen LogP contribution >= 0.6 is 23.2 Å². The Labute approximate surface area is 269 Å². The lowest BCUT2D eigenvalue weighted by atomic mass is 10.0. The van der Waals surface area contributed by atoms with Crippen LogP contribution in [0.4, 0.5) is 0 Å². The number of hydrogen-bond donors (Lipinski definition) is 2. The molecule has 2 N–H and O–H groups in total. The Bertz CT molecular complexity index is 1900. The van der Waals surface area contributed by atoms with Crippen LogP contribution in [0.1, 0.15) is 40.3 Å². The first-order chi connectivity index (χ1) is 21.8. The van der Waals surface area contributed by atoms with E-state index in [2.05, 4.69) is 15.5 Å². The minimum absolute atomic E-state index is 0.204. The number of aromatic amines is 1. The van der Waals surface area contributed by atoms with Crippen LogP contribution in [0.2, 0.25) is 10.0 Å². The highest BCUT2D eigenvalue weighted by atomic mass is 35.5. The maximum atomic E-state index is 13.3. The summed E-state index contributed by atoms with van der Waals surface area (Å²) in [4.78, 5) is 29.4. The summed E-state index contributed by atoms with van der Waals surface area (Å²) in [6.07, 6.45) is 1.44. The monoisotopic (exact) mass is 645 g/mol. The number of esters is 1. The van der Waals surface area contributed by atoms with E-state index in [1.165, 1.54) is 13.3 Å². The molecule has 0 atom stereocenters. The van der Waals surface area contributed by atoms with Gasteiger partial charge in [0.25, 0.3) is 5.91 Å². The number of hydrazone groups is 1. The van der Waals surface area contributed by atoms with Crippen molar-refractivity contribution in [2.45, 2.75) is 13.8 Å². The van der Waals surface area contributed by atoms with Gasteiger partial charge in [0, 0.05) is 21.5 Å². The van der Waals surface area contributed by atoms with Crippen LogP contribution < -0.4 is 24.4 Å². The lowest BCUT2D eigenvalue weighted by molar-refractivity contribution is 0.0728. The van der Waals surface area contributed by atoms with Gasteiger partial charge in [-0.1, -0.05) is 53.5 Å². The maximum Gasteiger partial charge on any atom is 0.343 e. The highest BCUT2D eigenvalue weighted by Gasteiger charge is 2.22. The number of aromatic nitrogens is 1. The number of nitrogens with zero attached hydrogens (tertiary/aromatic N) is 1. The summed E-state index contributed by atoms with van der Waals surface area (Å²) in [5.41, 5.74) is 5.57. The lowest BCUT2D eigenvalue weighted by Crippen LogP contribution is -2.19. The average molecular weight is 647 g/mol. The van der Waals surface area contributed by atoms with Gasteiger partial charge in [-0.2, -0.15) is 5.10 Å². The molecule has 9 nitrogen and oxygen atoms in total. The lowest BCUT2D eigenvalue weighted by Gasteiger charge is -2.13. The Morgan fingerprint density at radius 2 is 1.58 bits per heavy atom. The molecule has 0 spiro atoms. The van der Waals surface area contributed by atoms with Crippen molar-refractivity contribution in [2.75, 3.05) is 20.3 Å². The number of fused-ring (bicyclic) bond motifs is 1. The van der Waals surface area contributed by atoms with Gasteiger partial charge < -0.3 is 23.9 Å². The molecule has 230 valence electrons. The van der Waals surface area contributed by atoms with Gasteiger partial charge in [-0.25, -0.2) is 10.2 Å². The zero-order valence-corrected chi connectivity index (χ0v) is 26.2. The highest BCUT2D eigenvalue weighted by molar-refractivity contribution is 6.37. The Hall–Kier alpha value is -4.99. The molecule has 0 radical (unpaired) electrons. The van der Waals surface area contributed by atoms with Crippen molar-refractivity contribution in [1.29, 1.82) is 0 Å². The third kappa shape index (κ3) is 6.90. The molecule has 1 heterocycles. The van der Waals surface area contributed by atoms with Crippen molar-refractivity contribution in [1.82, 2.24) is 10.4 Å². The van der Waals surface area contributed by atoms with Crippen molar-refractivity contribution >= 4 is 52.2 Å². The topological polar surface area (TPSA) is 111 Å². The predicted octanol–water partition coefficient (Wildman–Crippen LogP) is 7.93. The molecule has 11 heteroatoms. The molecule has 0 unspecified atom stereocenters. The van der Waals surface area contributed by atoms with E-state index in [1.54, 1.807) is 48.5 Å². The second-order valence-corrected chi connectivity index (χ2v) is 10.4. The second-order valence-electron chi connectivity index (χ2n) is 9.54. The van der Waals surface area contributed by atoms with Crippen LogP contribution in [0, 0.1) is 0 Å². The average Bonchev–Trinajstić information content (AvgIpc) is 3.44. The molecule has 0 aliphatic heterocycles. The fourth-order valence-electron chi connectivity index (χ4n) is 4.70. The zero-order chi connectivity index (χ0) is 31.9. The van der Waals surface area contributed by atoms with Crippen LogP contribution in [0.5, 0.6) is 23.0 Å². The molecule has 5 rings (SSSR count). The van der Waals surface area contributed by atoms with E-state index >= 15 is 0 Å². The first-order valence-electron chi connectivity index (χ1n) is 14.0. The summed E-state index contributed by atoms with van der Waals surface area (Å²) >= 11 is 12.9. The third-order valence-corrected chi connectivity index (χ3v) is 7.35. The predicted molar refractivity (Wildman–Crippen MR) is 176 cm³/mol. The zero-order valence-electron chi connectivity index (χ0n) is 24.6.